The number of benzene rings is 1. The summed E-state index contributed by atoms with van der Waals surface area (Å²) >= 11 is 1.55. The zero-order valence-corrected chi connectivity index (χ0v) is 8.71. The van der Waals surface area contributed by atoms with Gasteiger partial charge in [-0.2, -0.15) is 0 Å². The summed E-state index contributed by atoms with van der Waals surface area (Å²) in [7, 11) is 0. The minimum absolute atomic E-state index is 0.177. The molecule has 14 heavy (non-hydrogen) atoms. The summed E-state index contributed by atoms with van der Waals surface area (Å²) in [5, 5.41) is 10.4. The molecule has 1 heterocycles. The van der Waals surface area contributed by atoms with Crippen molar-refractivity contribution >= 4 is 11.3 Å². The van der Waals surface area contributed by atoms with Crippen LogP contribution in [0.3, 0.4) is 0 Å². The fourth-order valence-corrected chi connectivity index (χ4v) is 2.18. The van der Waals surface area contributed by atoms with Gasteiger partial charge in [0.25, 0.3) is 0 Å². The fraction of sp³-hybridized carbons (Fsp3) is 0.182. The maximum atomic E-state index is 9.49. The Hall–Kier alpha value is -1.35. The summed E-state index contributed by atoms with van der Waals surface area (Å²) in [6.45, 7) is 2.02. The van der Waals surface area contributed by atoms with Crippen LogP contribution in [0.25, 0.3) is 10.6 Å². The van der Waals surface area contributed by atoms with Gasteiger partial charge in [0.2, 0.25) is 5.88 Å². The normalized spacial score (nSPS) is 10.4. The Morgan fingerprint density at radius 3 is 2.57 bits per heavy atom. The van der Waals surface area contributed by atoms with E-state index in [-0.39, 0.29) is 5.88 Å². The van der Waals surface area contributed by atoms with Gasteiger partial charge in [0.1, 0.15) is 5.01 Å². The zero-order valence-electron chi connectivity index (χ0n) is 7.90. The van der Waals surface area contributed by atoms with Crippen molar-refractivity contribution in [2.45, 2.75) is 13.3 Å². The van der Waals surface area contributed by atoms with Crippen molar-refractivity contribution in [3.05, 3.63) is 35.2 Å². The lowest BCUT2D eigenvalue weighted by Crippen LogP contribution is -1.73. The highest BCUT2D eigenvalue weighted by Crippen LogP contribution is 2.31. The molecule has 0 unspecified atom stereocenters. The monoisotopic (exact) mass is 205 g/mol. The molecule has 0 amide bonds. The van der Waals surface area contributed by atoms with Crippen LogP contribution in [0.5, 0.6) is 5.88 Å². The highest BCUT2D eigenvalue weighted by molar-refractivity contribution is 7.15. The molecule has 0 atom stereocenters. The van der Waals surface area contributed by atoms with Gasteiger partial charge in [-0.05, 0) is 6.42 Å². The average Bonchev–Trinajstić information content (AvgIpc) is 2.61. The van der Waals surface area contributed by atoms with Crippen LogP contribution in [0.2, 0.25) is 0 Å². The number of aromatic nitrogens is 1. The summed E-state index contributed by atoms with van der Waals surface area (Å²) in [4.78, 5) is 5.07. The molecule has 3 heteroatoms. The predicted molar refractivity (Wildman–Crippen MR) is 58.6 cm³/mol. The fourth-order valence-electron chi connectivity index (χ4n) is 1.28. The second-order valence-corrected chi connectivity index (χ2v) is 4.07. The van der Waals surface area contributed by atoms with Gasteiger partial charge < -0.3 is 5.11 Å². The van der Waals surface area contributed by atoms with Gasteiger partial charge in [0, 0.05) is 5.56 Å². The molecule has 72 valence electrons. The van der Waals surface area contributed by atoms with E-state index in [2.05, 4.69) is 4.98 Å². The maximum Gasteiger partial charge on any atom is 0.225 e. The molecule has 1 aromatic heterocycles. The van der Waals surface area contributed by atoms with Crippen LogP contribution in [-0.2, 0) is 6.42 Å². The van der Waals surface area contributed by atoms with E-state index >= 15 is 0 Å². The molecule has 0 fully saturated rings. The molecule has 0 spiro atoms. The van der Waals surface area contributed by atoms with Crippen LogP contribution < -0.4 is 0 Å². The van der Waals surface area contributed by atoms with Crippen molar-refractivity contribution in [2.24, 2.45) is 0 Å². The van der Waals surface area contributed by atoms with Crippen molar-refractivity contribution in [3.8, 4) is 16.5 Å². The van der Waals surface area contributed by atoms with Crippen molar-refractivity contribution < 1.29 is 5.11 Å². The first-order valence-corrected chi connectivity index (χ1v) is 5.37. The Morgan fingerprint density at radius 2 is 2.00 bits per heavy atom. The van der Waals surface area contributed by atoms with Crippen LogP contribution in [0.4, 0.5) is 0 Å². The molecular formula is C11H11NOS. The van der Waals surface area contributed by atoms with Gasteiger partial charge in [-0.25, -0.2) is 4.98 Å². The molecule has 0 aliphatic rings. The molecule has 1 N–H and O–H groups in total. The van der Waals surface area contributed by atoms with E-state index in [1.165, 1.54) is 0 Å². The Labute approximate surface area is 86.9 Å². The minimum atomic E-state index is 0.177. The topological polar surface area (TPSA) is 33.1 Å². The lowest BCUT2D eigenvalue weighted by molar-refractivity contribution is 0.452. The summed E-state index contributed by atoms with van der Waals surface area (Å²) in [5.41, 5.74) is 1.06. The Kier molecular flexibility index (Phi) is 2.50. The highest BCUT2D eigenvalue weighted by atomic mass is 32.1. The lowest BCUT2D eigenvalue weighted by Gasteiger charge is -1.92. The van der Waals surface area contributed by atoms with Crippen LogP contribution in [0.15, 0.2) is 30.3 Å². The van der Waals surface area contributed by atoms with Gasteiger partial charge >= 0.3 is 0 Å². The van der Waals surface area contributed by atoms with E-state index in [1.54, 1.807) is 11.3 Å². The molecule has 0 saturated heterocycles. The van der Waals surface area contributed by atoms with Crippen LogP contribution in [0.1, 0.15) is 11.8 Å². The van der Waals surface area contributed by atoms with E-state index in [0.717, 1.165) is 21.9 Å². The van der Waals surface area contributed by atoms with Crippen LogP contribution in [-0.4, -0.2) is 10.1 Å². The summed E-state index contributed by atoms with van der Waals surface area (Å²) < 4.78 is 0. The predicted octanol–water partition coefficient (Wildman–Crippen LogP) is 3.08. The molecule has 2 nitrogen and oxygen atoms in total. The van der Waals surface area contributed by atoms with Crippen molar-refractivity contribution in [1.82, 2.24) is 4.98 Å². The average molecular weight is 205 g/mol. The van der Waals surface area contributed by atoms with Crippen molar-refractivity contribution in [3.63, 3.8) is 0 Å². The highest BCUT2D eigenvalue weighted by Gasteiger charge is 2.08. The Bertz CT molecular complexity index is 422. The molecule has 0 bridgehead atoms. The SMILES string of the molecule is CCc1sc(-c2ccccc2)nc1O. The number of thiazole rings is 1. The molecule has 2 aromatic rings. The number of rotatable bonds is 2. The Balaban J connectivity index is 2.43. The molecule has 0 aliphatic heterocycles. The molecule has 0 aliphatic carbocycles. The second kappa shape index (κ2) is 3.80. The maximum absolute atomic E-state index is 9.49. The summed E-state index contributed by atoms with van der Waals surface area (Å²) in [5.74, 6) is 0.177. The van der Waals surface area contributed by atoms with Gasteiger partial charge in [0.05, 0.1) is 4.88 Å². The smallest absolute Gasteiger partial charge is 0.225 e. The number of hydrogen-bond acceptors (Lipinski definition) is 3. The third-order valence-corrected chi connectivity index (χ3v) is 3.26. The first-order chi connectivity index (χ1) is 6.81. The Morgan fingerprint density at radius 1 is 1.29 bits per heavy atom. The van der Waals surface area contributed by atoms with Gasteiger partial charge in [-0.15, -0.1) is 11.3 Å². The third-order valence-electron chi connectivity index (χ3n) is 2.02. The molecule has 0 radical (unpaired) electrons. The lowest BCUT2D eigenvalue weighted by atomic mass is 10.2. The first-order valence-electron chi connectivity index (χ1n) is 4.55. The minimum Gasteiger partial charge on any atom is -0.492 e. The van der Waals surface area contributed by atoms with E-state index < -0.39 is 0 Å². The van der Waals surface area contributed by atoms with Crippen LogP contribution >= 0.6 is 11.3 Å². The largest absolute Gasteiger partial charge is 0.492 e. The number of aromatic hydroxyl groups is 1. The van der Waals surface area contributed by atoms with E-state index in [9.17, 15) is 5.11 Å². The molecule has 2 rings (SSSR count). The molecule has 0 saturated carbocycles. The number of hydrogen-bond donors (Lipinski definition) is 1. The number of nitrogens with zero attached hydrogens (tertiary/aromatic N) is 1. The summed E-state index contributed by atoms with van der Waals surface area (Å²) in [6.07, 6.45) is 0.830. The van der Waals surface area contributed by atoms with Crippen molar-refractivity contribution in [2.75, 3.05) is 0 Å². The standard InChI is InChI=1S/C11H11NOS/c1-2-9-10(13)12-11(14-9)8-6-4-3-5-7-8/h3-7,13H,2H2,1H3. The van der Waals surface area contributed by atoms with Crippen molar-refractivity contribution in [1.29, 1.82) is 0 Å². The molecule has 1 aromatic carbocycles. The quantitative estimate of drug-likeness (QED) is 0.817. The second-order valence-electron chi connectivity index (χ2n) is 2.99. The third kappa shape index (κ3) is 1.63. The zero-order chi connectivity index (χ0) is 9.97. The van der Waals surface area contributed by atoms with E-state index in [0.29, 0.717) is 0 Å². The first kappa shape index (κ1) is 9.21. The van der Waals surface area contributed by atoms with E-state index in [4.69, 9.17) is 0 Å². The summed E-state index contributed by atoms with van der Waals surface area (Å²) in [6, 6.07) is 9.91. The van der Waals surface area contributed by atoms with Crippen LogP contribution in [0, 0.1) is 0 Å². The van der Waals surface area contributed by atoms with Gasteiger partial charge in [-0.1, -0.05) is 37.3 Å². The number of aryl methyl sites for hydroxylation is 1. The van der Waals surface area contributed by atoms with Gasteiger partial charge in [0.15, 0.2) is 0 Å². The van der Waals surface area contributed by atoms with E-state index in [1.807, 2.05) is 37.3 Å². The molecular weight excluding hydrogens is 194 g/mol. The van der Waals surface area contributed by atoms with Gasteiger partial charge in [-0.3, -0.25) is 0 Å².